The van der Waals surface area contributed by atoms with E-state index in [1.54, 1.807) is 6.20 Å². The topological polar surface area (TPSA) is 12.9 Å². The van der Waals surface area contributed by atoms with Gasteiger partial charge >= 0.3 is 0 Å². The van der Waals surface area contributed by atoms with E-state index in [0.717, 1.165) is 10.0 Å². The molecule has 0 aliphatic carbocycles. The van der Waals surface area contributed by atoms with Crippen LogP contribution in [0.2, 0.25) is 24.8 Å². The lowest BCUT2D eigenvalue weighted by Crippen LogP contribution is -2.16. The highest BCUT2D eigenvalue weighted by Gasteiger charge is 2.08. The zero-order valence-corrected chi connectivity index (χ0v) is 11.7. The lowest BCUT2D eigenvalue weighted by Gasteiger charge is -2.03. The summed E-state index contributed by atoms with van der Waals surface area (Å²) < 4.78 is 0.904. The van der Waals surface area contributed by atoms with E-state index < -0.39 is 8.07 Å². The van der Waals surface area contributed by atoms with Gasteiger partial charge in [-0.05, 0) is 22.0 Å². The van der Waals surface area contributed by atoms with Crippen molar-refractivity contribution in [2.45, 2.75) is 19.6 Å². The largest absolute Gasteiger partial charge is 0.242 e. The summed E-state index contributed by atoms with van der Waals surface area (Å²) >= 11 is 9.25. The average Bonchev–Trinajstić information content (AvgIpc) is 2.05. The van der Waals surface area contributed by atoms with E-state index in [1.165, 1.54) is 0 Å². The van der Waals surface area contributed by atoms with Gasteiger partial charge in [0.05, 0.1) is 5.56 Å². The second-order valence-corrected chi connectivity index (χ2v) is 10.0. The molecule has 0 N–H and O–H groups in total. The molecule has 0 aromatic carbocycles. The quantitative estimate of drug-likeness (QED) is 0.403. The molecule has 0 fully saturated rings. The lowest BCUT2D eigenvalue weighted by atomic mass is 10.3. The molecule has 0 bridgehead atoms. The molecule has 1 aromatic rings. The van der Waals surface area contributed by atoms with Gasteiger partial charge in [0.15, 0.2) is 0 Å². The van der Waals surface area contributed by atoms with Crippen LogP contribution in [0.3, 0.4) is 0 Å². The zero-order chi connectivity index (χ0) is 10.8. The third-order valence-corrected chi connectivity index (χ3v) is 2.99. The summed E-state index contributed by atoms with van der Waals surface area (Å²) in [5.74, 6) is 3.08. The smallest absolute Gasteiger partial charge is 0.144 e. The first-order valence-electron chi connectivity index (χ1n) is 4.23. The van der Waals surface area contributed by atoms with Gasteiger partial charge in [-0.15, -0.1) is 5.54 Å². The molecule has 0 unspecified atom stereocenters. The molecule has 0 amide bonds. The van der Waals surface area contributed by atoms with Crippen molar-refractivity contribution in [3.05, 3.63) is 27.5 Å². The molecular weight excluding hydrogens is 278 g/mol. The van der Waals surface area contributed by atoms with Crippen LogP contribution in [0, 0.1) is 11.5 Å². The van der Waals surface area contributed by atoms with E-state index in [9.17, 15) is 0 Å². The maximum atomic E-state index is 5.91. The molecular formula is C10H11BrClNSi. The SMILES string of the molecule is C[Si](C)(C)C#Cc1cc(Br)cnc1Cl. The predicted octanol–water partition coefficient (Wildman–Crippen LogP) is 3.73. The highest BCUT2D eigenvalue weighted by molar-refractivity contribution is 9.10. The molecule has 0 spiro atoms. The second-order valence-electron chi connectivity index (χ2n) is 3.99. The lowest BCUT2D eigenvalue weighted by molar-refractivity contribution is 1.29. The Morgan fingerprint density at radius 2 is 2.07 bits per heavy atom. The van der Waals surface area contributed by atoms with Crippen LogP contribution in [0.25, 0.3) is 0 Å². The molecule has 14 heavy (non-hydrogen) atoms. The number of hydrogen-bond acceptors (Lipinski definition) is 1. The van der Waals surface area contributed by atoms with E-state index in [0.29, 0.717) is 5.15 Å². The molecule has 0 atom stereocenters. The Bertz CT molecular complexity index is 401. The Morgan fingerprint density at radius 3 is 2.64 bits per heavy atom. The van der Waals surface area contributed by atoms with Crippen LogP contribution >= 0.6 is 27.5 Å². The van der Waals surface area contributed by atoms with Gasteiger partial charge in [0, 0.05) is 10.7 Å². The Labute approximate surface area is 99.0 Å². The van der Waals surface area contributed by atoms with Gasteiger partial charge in [-0.2, -0.15) is 0 Å². The van der Waals surface area contributed by atoms with Gasteiger partial charge in [0.1, 0.15) is 13.2 Å². The molecule has 4 heteroatoms. The van der Waals surface area contributed by atoms with Crippen LogP contribution in [0.1, 0.15) is 5.56 Å². The fraction of sp³-hybridized carbons (Fsp3) is 0.300. The summed E-state index contributed by atoms with van der Waals surface area (Å²) in [5, 5.41) is 0.471. The summed E-state index contributed by atoms with van der Waals surface area (Å²) in [5.41, 5.74) is 4.04. The number of aromatic nitrogens is 1. The van der Waals surface area contributed by atoms with Crippen LogP contribution in [0.15, 0.2) is 16.7 Å². The maximum Gasteiger partial charge on any atom is 0.144 e. The van der Waals surface area contributed by atoms with Gasteiger partial charge in [-0.3, -0.25) is 0 Å². The molecule has 0 aliphatic heterocycles. The number of pyridine rings is 1. The van der Waals surface area contributed by atoms with Crippen LogP contribution in [0.4, 0.5) is 0 Å². The molecule has 0 saturated carbocycles. The van der Waals surface area contributed by atoms with Crippen molar-refractivity contribution in [2.24, 2.45) is 0 Å². The van der Waals surface area contributed by atoms with E-state index in [1.807, 2.05) is 6.07 Å². The number of rotatable bonds is 0. The molecule has 0 saturated heterocycles. The number of hydrogen-bond donors (Lipinski definition) is 0. The monoisotopic (exact) mass is 287 g/mol. The highest BCUT2D eigenvalue weighted by Crippen LogP contribution is 2.17. The van der Waals surface area contributed by atoms with E-state index in [2.05, 4.69) is 52.0 Å². The Hall–Kier alpha value is -0.303. The minimum Gasteiger partial charge on any atom is -0.242 e. The minimum absolute atomic E-state index is 0.471. The first kappa shape index (κ1) is 11.8. The van der Waals surface area contributed by atoms with Gasteiger partial charge in [0.25, 0.3) is 0 Å². The molecule has 1 aromatic heterocycles. The van der Waals surface area contributed by atoms with Crippen molar-refractivity contribution in [1.29, 1.82) is 0 Å². The normalized spacial score (nSPS) is 10.6. The van der Waals surface area contributed by atoms with Gasteiger partial charge in [0.2, 0.25) is 0 Å². The third-order valence-electron chi connectivity index (χ3n) is 1.38. The highest BCUT2D eigenvalue weighted by atomic mass is 79.9. The second kappa shape index (κ2) is 4.48. The first-order chi connectivity index (χ1) is 6.38. The fourth-order valence-electron chi connectivity index (χ4n) is 0.765. The van der Waals surface area contributed by atoms with E-state index in [4.69, 9.17) is 11.6 Å². The third kappa shape index (κ3) is 3.83. The molecule has 0 radical (unpaired) electrons. The summed E-state index contributed by atoms with van der Waals surface area (Å²) in [6.45, 7) is 6.58. The molecule has 1 nitrogen and oxygen atoms in total. The van der Waals surface area contributed by atoms with Gasteiger partial charge in [-0.25, -0.2) is 4.98 Å². The Balaban J connectivity index is 3.06. The average molecular weight is 289 g/mol. The van der Waals surface area contributed by atoms with E-state index in [-0.39, 0.29) is 0 Å². The zero-order valence-electron chi connectivity index (χ0n) is 8.36. The van der Waals surface area contributed by atoms with E-state index >= 15 is 0 Å². The van der Waals surface area contributed by atoms with Crippen molar-refractivity contribution in [3.63, 3.8) is 0 Å². The summed E-state index contributed by atoms with van der Waals surface area (Å²) in [4.78, 5) is 4.01. The number of halogens is 2. The van der Waals surface area contributed by atoms with Crippen molar-refractivity contribution < 1.29 is 0 Å². The summed E-state index contributed by atoms with van der Waals surface area (Å²) in [6, 6.07) is 1.89. The molecule has 1 heterocycles. The van der Waals surface area contributed by atoms with Crippen molar-refractivity contribution in [3.8, 4) is 11.5 Å². The molecule has 74 valence electrons. The Kier molecular flexibility index (Phi) is 3.76. The van der Waals surface area contributed by atoms with Crippen molar-refractivity contribution in [2.75, 3.05) is 0 Å². The van der Waals surface area contributed by atoms with Crippen LogP contribution in [-0.2, 0) is 0 Å². The molecule has 0 aliphatic rings. The predicted molar refractivity (Wildman–Crippen MR) is 67.2 cm³/mol. The van der Waals surface area contributed by atoms with Crippen molar-refractivity contribution in [1.82, 2.24) is 4.98 Å². The summed E-state index contributed by atoms with van der Waals surface area (Å²) in [7, 11) is -1.34. The van der Waals surface area contributed by atoms with Gasteiger partial charge in [-0.1, -0.05) is 37.2 Å². The van der Waals surface area contributed by atoms with Crippen LogP contribution < -0.4 is 0 Å². The maximum absolute atomic E-state index is 5.91. The Morgan fingerprint density at radius 1 is 1.43 bits per heavy atom. The minimum atomic E-state index is -1.34. The molecule has 1 rings (SSSR count). The summed E-state index contributed by atoms with van der Waals surface area (Å²) in [6.07, 6.45) is 1.67. The van der Waals surface area contributed by atoms with Crippen LogP contribution in [0.5, 0.6) is 0 Å². The number of nitrogens with zero attached hydrogens (tertiary/aromatic N) is 1. The van der Waals surface area contributed by atoms with Crippen molar-refractivity contribution >= 4 is 35.6 Å². The van der Waals surface area contributed by atoms with Crippen LogP contribution in [-0.4, -0.2) is 13.1 Å². The first-order valence-corrected chi connectivity index (χ1v) is 8.90. The standard InChI is InChI=1S/C10H11BrClNSi/c1-14(2,3)5-4-8-6-9(11)7-13-10(8)12/h6-7H,1-3H3. The fourth-order valence-corrected chi connectivity index (χ4v) is 1.76. The van der Waals surface area contributed by atoms with Gasteiger partial charge < -0.3 is 0 Å².